The molecule has 0 fully saturated rings. The highest BCUT2D eigenvalue weighted by Gasteiger charge is 2.18. The van der Waals surface area contributed by atoms with Gasteiger partial charge >= 0.3 is 0 Å². The third-order valence-electron chi connectivity index (χ3n) is 2.61. The first-order valence-electron chi connectivity index (χ1n) is 5.65. The van der Waals surface area contributed by atoms with Crippen molar-refractivity contribution < 1.29 is 4.79 Å². The molecule has 0 aliphatic carbocycles. The van der Waals surface area contributed by atoms with Crippen molar-refractivity contribution in [3.63, 3.8) is 0 Å². The molecule has 0 saturated carbocycles. The largest absolute Gasteiger partial charge is 0.335 e. The summed E-state index contributed by atoms with van der Waals surface area (Å²) < 4.78 is 1.43. The van der Waals surface area contributed by atoms with Crippen LogP contribution in [-0.4, -0.2) is 34.5 Å². The summed E-state index contributed by atoms with van der Waals surface area (Å²) >= 11 is 0. The van der Waals surface area contributed by atoms with Crippen molar-refractivity contribution in [1.29, 1.82) is 0 Å². The third-order valence-corrected chi connectivity index (χ3v) is 2.61. The van der Waals surface area contributed by atoms with Crippen LogP contribution >= 0.6 is 0 Å². The van der Waals surface area contributed by atoms with Gasteiger partial charge in [0.25, 0.3) is 11.5 Å². The zero-order chi connectivity index (χ0) is 13.0. The molecular weight excluding hydrogens is 218 g/mol. The molecule has 1 rings (SSSR count). The second-order valence-electron chi connectivity index (χ2n) is 4.25. The van der Waals surface area contributed by atoms with Crippen LogP contribution in [0.1, 0.15) is 24.2 Å². The average molecular weight is 237 g/mol. The van der Waals surface area contributed by atoms with Crippen LogP contribution in [0.15, 0.2) is 23.1 Å². The zero-order valence-electron chi connectivity index (χ0n) is 10.5. The van der Waals surface area contributed by atoms with E-state index in [1.807, 2.05) is 13.8 Å². The zero-order valence-corrected chi connectivity index (χ0v) is 10.5. The lowest BCUT2D eigenvalue weighted by Gasteiger charge is -2.26. The van der Waals surface area contributed by atoms with Crippen LogP contribution in [-0.2, 0) is 7.05 Å². The van der Waals surface area contributed by atoms with E-state index in [-0.39, 0.29) is 17.5 Å². The van der Waals surface area contributed by atoms with E-state index in [0.29, 0.717) is 18.7 Å². The fraction of sp³-hybridized carbons (Fsp3) is 0.500. The maximum Gasteiger partial charge on any atom is 0.254 e. The number of aromatic nitrogens is 1. The quantitative estimate of drug-likeness (QED) is 0.813. The molecule has 0 aliphatic rings. The number of amides is 1. The average Bonchev–Trinajstić information content (AvgIpc) is 2.28. The minimum Gasteiger partial charge on any atom is -0.335 e. The molecule has 1 aromatic heterocycles. The number of rotatable bonds is 4. The number of pyridine rings is 1. The predicted molar refractivity (Wildman–Crippen MR) is 66.9 cm³/mol. The van der Waals surface area contributed by atoms with Crippen LogP contribution in [0.2, 0.25) is 0 Å². The molecule has 17 heavy (non-hydrogen) atoms. The molecule has 1 aromatic rings. The van der Waals surface area contributed by atoms with Gasteiger partial charge in [0.15, 0.2) is 0 Å². The lowest BCUT2D eigenvalue weighted by Crippen LogP contribution is -2.40. The highest BCUT2D eigenvalue weighted by atomic mass is 16.2. The SMILES string of the molecule is CC(C)N(CCN)C(=O)c1ccn(C)c(=O)c1. The van der Waals surface area contributed by atoms with Crippen LogP contribution in [0, 0.1) is 0 Å². The summed E-state index contributed by atoms with van der Waals surface area (Å²) in [6.07, 6.45) is 1.59. The molecule has 0 saturated heterocycles. The molecular formula is C12H19N3O2. The molecule has 0 atom stereocenters. The Morgan fingerprint density at radius 2 is 2.18 bits per heavy atom. The van der Waals surface area contributed by atoms with Crippen molar-refractivity contribution >= 4 is 5.91 Å². The van der Waals surface area contributed by atoms with Gasteiger partial charge in [0.1, 0.15) is 0 Å². The van der Waals surface area contributed by atoms with E-state index in [2.05, 4.69) is 0 Å². The molecule has 5 nitrogen and oxygen atoms in total. The van der Waals surface area contributed by atoms with Gasteiger partial charge in [0.05, 0.1) is 0 Å². The Labute approximate surface area is 101 Å². The normalized spacial score (nSPS) is 10.6. The van der Waals surface area contributed by atoms with Crippen LogP contribution in [0.25, 0.3) is 0 Å². The Morgan fingerprint density at radius 1 is 1.53 bits per heavy atom. The molecule has 1 heterocycles. The van der Waals surface area contributed by atoms with Crippen molar-refractivity contribution in [2.24, 2.45) is 12.8 Å². The van der Waals surface area contributed by atoms with Gasteiger partial charge < -0.3 is 15.2 Å². The number of carbonyl (C=O) groups excluding carboxylic acids is 1. The van der Waals surface area contributed by atoms with Gasteiger partial charge in [-0.05, 0) is 19.9 Å². The van der Waals surface area contributed by atoms with Crippen LogP contribution in [0.3, 0.4) is 0 Å². The minimum absolute atomic E-state index is 0.0649. The summed E-state index contributed by atoms with van der Waals surface area (Å²) in [5, 5.41) is 0. The van der Waals surface area contributed by atoms with E-state index in [0.717, 1.165) is 0 Å². The van der Waals surface area contributed by atoms with Crippen molar-refractivity contribution in [1.82, 2.24) is 9.47 Å². The maximum atomic E-state index is 12.2. The molecule has 0 aliphatic heterocycles. The number of hydrogen-bond donors (Lipinski definition) is 1. The maximum absolute atomic E-state index is 12.2. The molecule has 0 unspecified atom stereocenters. The summed E-state index contributed by atoms with van der Waals surface area (Å²) in [5.41, 5.74) is 5.70. The monoisotopic (exact) mass is 237 g/mol. The number of nitrogens with two attached hydrogens (primary N) is 1. The van der Waals surface area contributed by atoms with Gasteiger partial charge in [-0.1, -0.05) is 0 Å². The van der Waals surface area contributed by atoms with E-state index < -0.39 is 0 Å². The van der Waals surface area contributed by atoms with E-state index >= 15 is 0 Å². The van der Waals surface area contributed by atoms with Gasteiger partial charge in [-0.3, -0.25) is 9.59 Å². The van der Waals surface area contributed by atoms with Crippen LogP contribution in [0.4, 0.5) is 0 Å². The topological polar surface area (TPSA) is 68.3 Å². The van der Waals surface area contributed by atoms with Crippen molar-refractivity contribution in [3.8, 4) is 0 Å². The van der Waals surface area contributed by atoms with Gasteiger partial charge in [-0.2, -0.15) is 0 Å². The van der Waals surface area contributed by atoms with E-state index in [1.165, 1.54) is 10.6 Å². The van der Waals surface area contributed by atoms with Crippen molar-refractivity contribution in [2.45, 2.75) is 19.9 Å². The number of carbonyl (C=O) groups is 1. The first-order chi connectivity index (χ1) is 7.97. The molecule has 1 amide bonds. The molecule has 0 aromatic carbocycles. The molecule has 5 heteroatoms. The van der Waals surface area contributed by atoms with Gasteiger partial charge in [0.2, 0.25) is 0 Å². The second kappa shape index (κ2) is 5.63. The first kappa shape index (κ1) is 13.4. The summed E-state index contributed by atoms with van der Waals surface area (Å²) in [5.74, 6) is -0.150. The Kier molecular flexibility index (Phi) is 4.45. The van der Waals surface area contributed by atoms with Crippen molar-refractivity contribution in [2.75, 3.05) is 13.1 Å². The van der Waals surface area contributed by atoms with E-state index in [9.17, 15) is 9.59 Å². The Morgan fingerprint density at radius 3 is 2.65 bits per heavy atom. The summed E-state index contributed by atoms with van der Waals surface area (Å²) in [6.45, 7) is 4.75. The minimum atomic E-state index is -0.188. The smallest absolute Gasteiger partial charge is 0.254 e. The fourth-order valence-corrected chi connectivity index (χ4v) is 1.58. The first-order valence-corrected chi connectivity index (χ1v) is 5.65. The summed E-state index contributed by atoms with van der Waals surface area (Å²) in [4.78, 5) is 25.3. The molecule has 0 bridgehead atoms. The lowest BCUT2D eigenvalue weighted by atomic mass is 10.2. The van der Waals surface area contributed by atoms with Crippen molar-refractivity contribution in [3.05, 3.63) is 34.2 Å². The van der Waals surface area contributed by atoms with Crippen LogP contribution < -0.4 is 11.3 Å². The Balaban J connectivity index is 3.01. The Bertz CT molecular complexity index is 451. The number of nitrogens with zero attached hydrogens (tertiary/aromatic N) is 2. The second-order valence-corrected chi connectivity index (χ2v) is 4.25. The molecule has 0 spiro atoms. The third kappa shape index (κ3) is 3.17. The van der Waals surface area contributed by atoms with Gasteiger partial charge in [-0.15, -0.1) is 0 Å². The van der Waals surface area contributed by atoms with E-state index in [1.54, 1.807) is 24.2 Å². The summed E-state index contributed by atoms with van der Waals surface area (Å²) in [7, 11) is 1.65. The highest BCUT2D eigenvalue weighted by molar-refractivity contribution is 5.94. The standard InChI is InChI=1S/C12H19N3O2/c1-9(2)15(7-5-13)12(17)10-4-6-14(3)11(16)8-10/h4,6,8-9H,5,7,13H2,1-3H3. The van der Waals surface area contributed by atoms with Gasteiger partial charge in [0, 0.05) is 44.0 Å². The van der Waals surface area contributed by atoms with Gasteiger partial charge in [-0.25, -0.2) is 0 Å². The molecule has 0 radical (unpaired) electrons. The summed E-state index contributed by atoms with van der Waals surface area (Å²) in [6, 6.07) is 3.07. The van der Waals surface area contributed by atoms with E-state index in [4.69, 9.17) is 5.73 Å². The molecule has 2 N–H and O–H groups in total. The van der Waals surface area contributed by atoms with Crippen LogP contribution in [0.5, 0.6) is 0 Å². The highest BCUT2D eigenvalue weighted by Crippen LogP contribution is 2.06. The number of hydrogen-bond acceptors (Lipinski definition) is 3. The lowest BCUT2D eigenvalue weighted by molar-refractivity contribution is 0.0711. The molecule has 94 valence electrons. The number of aryl methyl sites for hydroxylation is 1. The Hall–Kier alpha value is -1.62. The predicted octanol–water partition coefficient (Wildman–Crippen LogP) is 0.195. The fourth-order valence-electron chi connectivity index (χ4n) is 1.58.